The van der Waals surface area contributed by atoms with Crippen LogP contribution < -0.4 is 9.80 Å². The number of allylic oxidation sites excluding steroid dienone is 1. The highest BCUT2D eigenvalue weighted by Crippen LogP contribution is 2.65. The van der Waals surface area contributed by atoms with Crippen LogP contribution in [0.3, 0.4) is 0 Å². The molecule has 4 heterocycles. The third kappa shape index (κ3) is 2.76. The van der Waals surface area contributed by atoms with E-state index in [-0.39, 0.29) is 17.0 Å². The van der Waals surface area contributed by atoms with Crippen molar-refractivity contribution >= 4 is 39.0 Å². The van der Waals surface area contributed by atoms with Crippen LogP contribution in [-0.2, 0) is 12.0 Å². The highest BCUT2D eigenvalue weighted by atomic mass is 15.5. The lowest BCUT2D eigenvalue weighted by molar-refractivity contribution is 0.0837. The van der Waals surface area contributed by atoms with Gasteiger partial charge in [-0.3, -0.25) is 0 Å². The van der Waals surface area contributed by atoms with Gasteiger partial charge in [0.15, 0.2) is 5.82 Å². The summed E-state index contributed by atoms with van der Waals surface area (Å²) < 4.78 is 2.48. The van der Waals surface area contributed by atoms with Gasteiger partial charge in [-0.25, -0.2) is 4.98 Å². The maximum absolute atomic E-state index is 5.03. The zero-order chi connectivity index (χ0) is 26.1. The van der Waals surface area contributed by atoms with Crippen molar-refractivity contribution in [3.8, 4) is 0 Å². The van der Waals surface area contributed by atoms with E-state index in [4.69, 9.17) is 4.98 Å². The Balaban J connectivity index is 1.81. The van der Waals surface area contributed by atoms with Crippen molar-refractivity contribution in [1.29, 1.82) is 0 Å². The second-order valence-corrected chi connectivity index (χ2v) is 11.1. The normalized spacial score (nSPS) is 22.0. The standard InChI is InChI=1S/C33H40N4/c1-8-32(9-2)25-21-28-24(23-16-13-14-17-26(23)35(28)12-5)20-29(25)37-30-27(18-15-19-34-30)36(22(6)7)31(37)33(32,10-3)11-4/h8,13-22,31H,1,9-12H2,2-7H3. The van der Waals surface area contributed by atoms with Gasteiger partial charge < -0.3 is 14.4 Å². The molecule has 2 unspecified atom stereocenters. The van der Waals surface area contributed by atoms with Gasteiger partial charge in [-0.05, 0) is 75.9 Å². The van der Waals surface area contributed by atoms with E-state index < -0.39 is 0 Å². The summed E-state index contributed by atoms with van der Waals surface area (Å²) in [5.41, 5.74) is 6.37. The Morgan fingerprint density at radius 2 is 1.68 bits per heavy atom. The molecule has 0 bridgehead atoms. The summed E-state index contributed by atoms with van der Waals surface area (Å²) in [6.45, 7) is 19.5. The number of pyridine rings is 1. The lowest BCUT2D eigenvalue weighted by Gasteiger charge is -2.61. The van der Waals surface area contributed by atoms with E-state index in [1.54, 1.807) is 0 Å². The average Bonchev–Trinajstić information content (AvgIpc) is 3.44. The van der Waals surface area contributed by atoms with E-state index in [2.05, 4.69) is 117 Å². The quantitative estimate of drug-likeness (QED) is 0.252. The molecule has 0 radical (unpaired) electrons. The number of fused-ring (bicyclic) bond motifs is 8. The number of hydrogen-bond donors (Lipinski definition) is 0. The smallest absolute Gasteiger partial charge is 0.158 e. The zero-order valence-corrected chi connectivity index (χ0v) is 23.3. The fraction of sp³-hybridized carbons (Fsp3) is 0.424. The summed E-state index contributed by atoms with van der Waals surface area (Å²) in [7, 11) is 0. The molecule has 0 amide bonds. The molecule has 0 fully saturated rings. The van der Waals surface area contributed by atoms with E-state index in [9.17, 15) is 0 Å². The van der Waals surface area contributed by atoms with Gasteiger partial charge in [0.25, 0.3) is 0 Å². The molecule has 2 aliphatic rings. The van der Waals surface area contributed by atoms with Gasteiger partial charge in [0.1, 0.15) is 6.17 Å². The molecule has 37 heavy (non-hydrogen) atoms. The first-order chi connectivity index (χ1) is 17.9. The number of hydrogen-bond acceptors (Lipinski definition) is 3. The average molecular weight is 493 g/mol. The van der Waals surface area contributed by atoms with Crippen LogP contribution in [0.15, 0.2) is 67.4 Å². The summed E-state index contributed by atoms with van der Waals surface area (Å²) in [4.78, 5) is 10.3. The first-order valence-electron chi connectivity index (χ1n) is 14.2. The Bertz CT molecular complexity index is 1510. The summed E-state index contributed by atoms with van der Waals surface area (Å²) in [6.07, 6.45) is 7.58. The molecule has 2 aromatic carbocycles. The zero-order valence-electron chi connectivity index (χ0n) is 23.3. The van der Waals surface area contributed by atoms with Crippen molar-refractivity contribution in [3.05, 3.63) is 72.9 Å². The fourth-order valence-electron chi connectivity index (χ4n) is 8.19. The molecule has 0 N–H and O–H groups in total. The molecule has 0 saturated carbocycles. The summed E-state index contributed by atoms with van der Waals surface area (Å²) in [5, 5.41) is 2.65. The van der Waals surface area contributed by atoms with Crippen LogP contribution in [0.5, 0.6) is 0 Å². The Morgan fingerprint density at radius 1 is 0.919 bits per heavy atom. The van der Waals surface area contributed by atoms with E-state index >= 15 is 0 Å². The minimum atomic E-state index is -0.161. The van der Waals surface area contributed by atoms with Crippen LogP contribution in [0.2, 0.25) is 0 Å². The van der Waals surface area contributed by atoms with Crippen LogP contribution >= 0.6 is 0 Å². The number of aryl methyl sites for hydroxylation is 1. The summed E-state index contributed by atoms with van der Waals surface area (Å²) in [6, 6.07) is 18.5. The molecule has 6 rings (SSSR count). The van der Waals surface area contributed by atoms with Gasteiger partial charge in [-0.2, -0.15) is 0 Å². The van der Waals surface area contributed by atoms with Crippen LogP contribution in [0.25, 0.3) is 21.8 Å². The molecular weight excluding hydrogens is 452 g/mol. The largest absolute Gasteiger partial charge is 0.345 e. The molecule has 0 spiro atoms. The number of benzene rings is 2. The lowest BCUT2D eigenvalue weighted by Crippen LogP contribution is -2.65. The van der Waals surface area contributed by atoms with Gasteiger partial charge in [0.05, 0.1) is 5.69 Å². The van der Waals surface area contributed by atoms with Crippen LogP contribution in [0, 0.1) is 5.41 Å². The number of aromatic nitrogens is 2. The Labute approximate surface area is 221 Å². The molecule has 2 atom stereocenters. The maximum Gasteiger partial charge on any atom is 0.158 e. The molecule has 4 nitrogen and oxygen atoms in total. The lowest BCUT2D eigenvalue weighted by atomic mass is 9.52. The van der Waals surface area contributed by atoms with Crippen LogP contribution in [0.1, 0.15) is 66.4 Å². The van der Waals surface area contributed by atoms with Crippen molar-refractivity contribution in [2.45, 2.75) is 85.0 Å². The SMILES string of the molecule is C=CC1(CC)c2cc3c(cc2N2c4ncccc4N(C(C)C)C2C1(CC)CC)c1ccccc1n3CC. The molecule has 4 aromatic rings. The van der Waals surface area contributed by atoms with Crippen molar-refractivity contribution < 1.29 is 0 Å². The van der Waals surface area contributed by atoms with Gasteiger partial charge in [0.2, 0.25) is 0 Å². The van der Waals surface area contributed by atoms with Gasteiger partial charge >= 0.3 is 0 Å². The Morgan fingerprint density at radius 3 is 2.32 bits per heavy atom. The van der Waals surface area contributed by atoms with E-state index in [0.29, 0.717) is 6.04 Å². The second-order valence-electron chi connectivity index (χ2n) is 11.1. The van der Waals surface area contributed by atoms with Gasteiger partial charge in [-0.1, -0.05) is 45.0 Å². The van der Waals surface area contributed by atoms with Gasteiger partial charge in [-0.15, -0.1) is 6.58 Å². The number of anilines is 3. The predicted octanol–water partition coefficient (Wildman–Crippen LogP) is 8.56. The second kappa shape index (κ2) is 8.37. The maximum atomic E-state index is 5.03. The minimum Gasteiger partial charge on any atom is -0.345 e. The topological polar surface area (TPSA) is 24.3 Å². The first-order valence-corrected chi connectivity index (χ1v) is 14.2. The van der Waals surface area contributed by atoms with E-state index in [1.807, 2.05) is 6.20 Å². The molecule has 2 aromatic heterocycles. The Hall–Kier alpha value is -3.27. The first kappa shape index (κ1) is 24.1. The van der Waals surface area contributed by atoms with Crippen molar-refractivity contribution in [2.75, 3.05) is 9.80 Å². The number of nitrogens with zero attached hydrogens (tertiary/aromatic N) is 4. The van der Waals surface area contributed by atoms with Crippen LogP contribution in [0.4, 0.5) is 17.2 Å². The fourth-order valence-corrected chi connectivity index (χ4v) is 8.19. The Kier molecular flexibility index (Phi) is 5.45. The monoisotopic (exact) mass is 492 g/mol. The summed E-state index contributed by atoms with van der Waals surface area (Å²) >= 11 is 0. The van der Waals surface area contributed by atoms with E-state index in [0.717, 1.165) is 31.6 Å². The molecular formula is C33H40N4. The third-order valence-corrected chi connectivity index (χ3v) is 9.83. The van der Waals surface area contributed by atoms with E-state index in [1.165, 1.54) is 38.7 Å². The molecule has 0 aliphatic carbocycles. The molecule has 4 heteroatoms. The summed E-state index contributed by atoms with van der Waals surface area (Å²) in [5.74, 6) is 1.08. The van der Waals surface area contributed by atoms with Gasteiger partial charge in [0, 0.05) is 57.1 Å². The van der Waals surface area contributed by atoms with Crippen molar-refractivity contribution in [3.63, 3.8) is 0 Å². The number of para-hydroxylation sites is 1. The third-order valence-electron chi connectivity index (χ3n) is 9.83. The predicted molar refractivity (Wildman–Crippen MR) is 158 cm³/mol. The molecule has 0 saturated heterocycles. The highest BCUT2D eigenvalue weighted by Gasteiger charge is 2.63. The molecule has 2 aliphatic heterocycles. The van der Waals surface area contributed by atoms with Crippen molar-refractivity contribution in [1.82, 2.24) is 9.55 Å². The molecule has 192 valence electrons. The van der Waals surface area contributed by atoms with Crippen LogP contribution in [-0.4, -0.2) is 21.8 Å². The number of rotatable bonds is 6. The minimum absolute atomic E-state index is 0.0296. The highest BCUT2D eigenvalue weighted by molar-refractivity contribution is 6.10. The van der Waals surface area contributed by atoms with Crippen molar-refractivity contribution in [2.24, 2.45) is 5.41 Å².